The summed E-state index contributed by atoms with van der Waals surface area (Å²) < 4.78 is 8.27. The predicted octanol–water partition coefficient (Wildman–Crippen LogP) is 4.24. The molecule has 0 spiro atoms. The fraction of sp³-hybridized carbons (Fsp3) is 0.258. The van der Waals surface area contributed by atoms with Gasteiger partial charge in [0.2, 0.25) is 0 Å². The summed E-state index contributed by atoms with van der Waals surface area (Å²) >= 11 is 0. The molecule has 0 saturated heterocycles. The van der Waals surface area contributed by atoms with Gasteiger partial charge in [0, 0.05) is 6.54 Å². The highest BCUT2D eigenvalue weighted by molar-refractivity contribution is 5.35. The van der Waals surface area contributed by atoms with E-state index in [1.165, 1.54) is 4.57 Å². The highest BCUT2D eigenvalue weighted by Gasteiger charge is 2.13. The van der Waals surface area contributed by atoms with Crippen LogP contribution < -0.4 is 22.4 Å². The summed E-state index contributed by atoms with van der Waals surface area (Å²) in [5.41, 5.74) is 5.57. The number of hydrogen-bond acceptors (Lipinski definition) is 5. The van der Waals surface area contributed by atoms with E-state index in [2.05, 4.69) is 53.3 Å². The summed E-state index contributed by atoms with van der Waals surface area (Å²) in [4.78, 5) is 31.3. The number of hydrogen-bond donors (Lipinski definition) is 1. The highest BCUT2D eigenvalue weighted by Crippen LogP contribution is 2.13. The van der Waals surface area contributed by atoms with Crippen LogP contribution in [0.3, 0.4) is 0 Å². The second kappa shape index (κ2) is 12.7. The average molecular weight is 511 g/mol. The second-order valence-electron chi connectivity index (χ2n) is 9.44. The third kappa shape index (κ3) is 7.09. The molecule has 0 saturated carbocycles. The predicted molar refractivity (Wildman–Crippen MR) is 152 cm³/mol. The summed E-state index contributed by atoms with van der Waals surface area (Å²) in [6, 6.07) is 7.73. The van der Waals surface area contributed by atoms with Crippen molar-refractivity contribution in [2.75, 3.05) is 13.1 Å². The molecule has 1 heterocycles. The van der Waals surface area contributed by atoms with Crippen LogP contribution in [-0.4, -0.2) is 22.2 Å². The Balaban J connectivity index is 1.76. The maximum atomic E-state index is 13.7. The first-order valence-corrected chi connectivity index (χ1v) is 12.8. The van der Waals surface area contributed by atoms with Gasteiger partial charge in [-0.05, 0) is 55.2 Å². The van der Waals surface area contributed by atoms with Crippen LogP contribution in [0, 0.1) is 6.92 Å². The van der Waals surface area contributed by atoms with Crippen molar-refractivity contribution in [1.29, 1.82) is 0 Å². The molecule has 0 radical (unpaired) electrons. The van der Waals surface area contributed by atoms with Gasteiger partial charge in [-0.1, -0.05) is 90.6 Å². The molecule has 0 amide bonds. The quantitative estimate of drug-likeness (QED) is 0.547. The van der Waals surface area contributed by atoms with Crippen LogP contribution in [0.1, 0.15) is 30.9 Å². The molecule has 1 aromatic carbocycles. The summed E-state index contributed by atoms with van der Waals surface area (Å²) in [6.45, 7) is 8.99. The van der Waals surface area contributed by atoms with E-state index >= 15 is 0 Å². The molecule has 7 nitrogen and oxygen atoms in total. The smallest absolute Gasteiger partial charge is 0.387 e. The first-order chi connectivity index (χ1) is 18.4. The van der Waals surface area contributed by atoms with Gasteiger partial charge in [0.05, 0.1) is 19.6 Å². The van der Waals surface area contributed by atoms with Gasteiger partial charge in [0.15, 0.2) is 0 Å². The van der Waals surface area contributed by atoms with Crippen LogP contribution in [0.2, 0.25) is 0 Å². The van der Waals surface area contributed by atoms with E-state index in [4.69, 9.17) is 4.42 Å². The molecule has 0 atom stereocenters. The maximum absolute atomic E-state index is 13.7. The van der Waals surface area contributed by atoms with Crippen molar-refractivity contribution >= 4 is 0 Å². The molecule has 38 heavy (non-hydrogen) atoms. The lowest BCUT2D eigenvalue weighted by molar-refractivity contribution is 0.322. The molecule has 1 aromatic heterocycles. The molecule has 4 rings (SSSR count). The van der Waals surface area contributed by atoms with Gasteiger partial charge in [-0.2, -0.15) is 0 Å². The van der Waals surface area contributed by atoms with Crippen molar-refractivity contribution in [2.24, 2.45) is 4.99 Å². The maximum Gasteiger partial charge on any atom is 0.426 e. The molecular formula is C31H34N4O3. The van der Waals surface area contributed by atoms with Crippen LogP contribution in [0.25, 0.3) is 0 Å². The molecule has 0 fully saturated rings. The number of aryl methyl sites for hydroxylation is 1. The summed E-state index contributed by atoms with van der Waals surface area (Å²) in [7, 11) is 0. The van der Waals surface area contributed by atoms with Crippen molar-refractivity contribution in [3.8, 4) is 0 Å². The molecule has 1 N–H and O–H groups in total. The van der Waals surface area contributed by atoms with Crippen molar-refractivity contribution in [3.63, 3.8) is 0 Å². The van der Waals surface area contributed by atoms with E-state index in [0.717, 1.165) is 50.8 Å². The Morgan fingerprint density at radius 1 is 1.00 bits per heavy atom. The van der Waals surface area contributed by atoms with Gasteiger partial charge < -0.3 is 9.73 Å². The standard InChI is InChI=1S/C31H34N4O3/c1-4-32-19-25-12-7-8-13-26(18-25)20-33-29-34(21-27-14-6-5-10-23(2)16-27)30(36)35(31(37)38-29)22-28-15-9-11-24(3)17-28/h4-5,8-18,32H,1,6-7,19-22H2,2-3H3. The lowest BCUT2D eigenvalue weighted by Crippen LogP contribution is -2.47. The molecule has 2 aromatic rings. The normalized spacial score (nSPS) is 15.7. The second-order valence-corrected chi connectivity index (χ2v) is 9.44. The minimum Gasteiger partial charge on any atom is -0.387 e. The summed E-state index contributed by atoms with van der Waals surface area (Å²) in [5.74, 6) is -0.726. The van der Waals surface area contributed by atoms with Crippen LogP contribution >= 0.6 is 0 Å². The molecule has 2 aliphatic rings. The van der Waals surface area contributed by atoms with E-state index in [1.54, 1.807) is 6.20 Å². The van der Waals surface area contributed by atoms with Crippen LogP contribution in [0.4, 0.5) is 0 Å². The topological polar surface area (TPSA) is 81.5 Å². The van der Waals surface area contributed by atoms with E-state index < -0.39 is 11.4 Å². The van der Waals surface area contributed by atoms with E-state index in [0.29, 0.717) is 6.54 Å². The van der Waals surface area contributed by atoms with Crippen molar-refractivity contribution in [1.82, 2.24) is 14.5 Å². The molecule has 0 unspecified atom stereocenters. The SMILES string of the molecule is C=CNCC1=CCC=CC(CN=c2oc(=O)n(Cc3cccc(C)c3)c(=O)n2CC2=CCC=CC(C)=C2)=C1. The molecular weight excluding hydrogens is 476 g/mol. The zero-order valence-corrected chi connectivity index (χ0v) is 22.0. The average Bonchev–Trinajstić information content (AvgIpc) is 3.25. The van der Waals surface area contributed by atoms with Crippen molar-refractivity contribution < 1.29 is 4.42 Å². The van der Waals surface area contributed by atoms with Gasteiger partial charge in [-0.25, -0.2) is 23.7 Å². The number of rotatable bonds is 9. The van der Waals surface area contributed by atoms with Crippen LogP contribution in [0.15, 0.2) is 127 Å². The van der Waals surface area contributed by atoms with Gasteiger partial charge in [0.25, 0.3) is 0 Å². The van der Waals surface area contributed by atoms with Gasteiger partial charge in [0.1, 0.15) is 0 Å². The third-order valence-corrected chi connectivity index (χ3v) is 6.23. The van der Waals surface area contributed by atoms with E-state index in [9.17, 15) is 9.59 Å². The Bertz CT molecular complexity index is 1570. The Labute approximate surface area is 222 Å². The number of nitrogens with one attached hydrogen (secondary N) is 1. The Kier molecular flexibility index (Phi) is 8.93. The lowest BCUT2D eigenvalue weighted by atomic mass is 10.1. The van der Waals surface area contributed by atoms with Crippen LogP contribution in [0.5, 0.6) is 0 Å². The fourth-order valence-corrected chi connectivity index (χ4v) is 4.39. The van der Waals surface area contributed by atoms with E-state index in [-0.39, 0.29) is 25.3 Å². The molecule has 7 heteroatoms. The first kappa shape index (κ1) is 26.7. The van der Waals surface area contributed by atoms with Crippen molar-refractivity contribution in [2.45, 2.75) is 39.8 Å². The fourth-order valence-electron chi connectivity index (χ4n) is 4.39. The Hall–Kier alpha value is -4.39. The van der Waals surface area contributed by atoms with E-state index in [1.807, 2.05) is 50.3 Å². The monoisotopic (exact) mass is 510 g/mol. The van der Waals surface area contributed by atoms with Gasteiger partial charge in [-0.3, -0.25) is 0 Å². The summed E-state index contributed by atoms with van der Waals surface area (Å²) in [5, 5.41) is 3.12. The third-order valence-electron chi connectivity index (χ3n) is 6.23. The largest absolute Gasteiger partial charge is 0.426 e. The van der Waals surface area contributed by atoms with Crippen molar-refractivity contribution in [3.05, 3.63) is 146 Å². The Morgan fingerprint density at radius 2 is 1.79 bits per heavy atom. The minimum absolute atomic E-state index is 0.0120. The molecule has 0 aliphatic heterocycles. The Morgan fingerprint density at radius 3 is 2.58 bits per heavy atom. The molecule has 2 aliphatic carbocycles. The number of allylic oxidation sites excluding steroid dienone is 8. The molecule has 0 bridgehead atoms. The summed E-state index contributed by atoms with van der Waals surface area (Å²) in [6.07, 6.45) is 19.7. The zero-order valence-electron chi connectivity index (χ0n) is 22.0. The molecule has 196 valence electrons. The number of benzene rings is 1. The lowest BCUT2D eigenvalue weighted by Gasteiger charge is -2.11. The highest BCUT2D eigenvalue weighted by atomic mass is 16.4. The van der Waals surface area contributed by atoms with Gasteiger partial charge in [-0.15, -0.1) is 0 Å². The minimum atomic E-state index is -0.726. The van der Waals surface area contributed by atoms with Crippen LogP contribution in [-0.2, 0) is 13.1 Å². The zero-order chi connectivity index (χ0) is 26.9. The van der Waals surface area contributed by atoms with Gasteiger partial charge >= 0.3 is 17.1 Å². The number of nitrogens with zero attached hydrogens (tertiary/aromatic N) is 3. The number of aromatic nitrogens is 2. The first-order valence-electron chi connectivity index (χ1n) is 12.8.